The molecule has 0 aliphatic rings. The molecular weight excluding hydrogens is 524 g/mol. The standard InChI is InChI=1S/C36H40N2O4/c1-3-23-41-33-19-11-17-31(25-33)35(39)37(27-29-13-7-5-8-14-29)21-22-38(28-30-15-9-6-10-16-30)36(40)32-18-12-20-34(26-32)42-24-4-2/h5-20,25-26H,3-4,21-24,27-28H2,1-2H3. The van der Waals surface area contributed by atoms with Gasteiger partial charge in [-0.25, -0.2) is 0 Å². The first-order valence-electron chi connectivity index (χ1n) is 14.7. The van der Waals surface area contributed by atoms with Crippen molar-refractivity contribution >= 4 is 11.8 Å². The number of nitrogens with zero attached hydrogens (tertiary/aromatic N) is 2. The molecule has 0 bridgehead atoms. The van der Waals surface area contributed by atoms with Crippen LogP contribution >= 0.6 is 0 Å². The van der Waals surface area contributed by atoms with E-state index in [1.807, 2.05) is 111 Å². The van der Waals surface area contributed by atoms with Crippen molar-refractivity contribution < 1.29 is 19.1 Å². The van der Waals surface area contributed by atoms with Crippen LogP contribution in [0.5, 0.6) is 11.5 Å². The maximum atomic E-state index is 13.9. The third kappa shape index (κ3) is 8.96. The minimum absolute atomic E-state index is 0.108. The summed E-state index contributed by atoms with van der Waals surface area (Å²) in [5.74, 6) is 1.13. The fourth-order valence-electron chi connectivity index (χ4n) is 4.60. The van der Waals surface area contributed by atoms with Gasteiger partial charge in [-0.1, -0.05) is 86.6 Å². The lowest BCUT2D eigenvalue weighted by Gasteiger charge is -2.29. The van der Waals surface area contributed by atoms with Crippen molar-refractivity contribution in [3.8, 4) is 11.5 Å². The third-order valence-electron chi connectivity index (χ3n) is 6.75. The second kappa shape index (κ2) is 16.0. The van der Waals surface area contributed by atoms with Crippen molar-refractivity contribution in [2.24, 2.45) is 0 Å². The fraction of sp³-hybridized carbons (Fsp3) is 0.278. The maximum Gasteiger partial charge on any atom is 0.254 e. The molecule has 6 nitrogen and oxygen atoms in total. The van der Waals surface area contributed by atoms with Gasteiger partial charge in [-0.3, -0.25) is 9.59 Å². The summed E-state index contributed by atoms with van der Waals surface area (Å²) in [7, 11) is 0. The smallest absolute Gasteiger partial charge is 0.254 e. The Labute approximate surface area is 249 Å². The van der Waals surface area contributed by atoms with E-state index in [9.17, 15) is 9.59 Å². The van der Waals surface area contributed by atoms with Gasteiger partial charge in [-0.05, 0) is 60.4 Å². The fourth-order valence-corrected chi connectivity index (χ4v) is 4.60. The number of amides is 2. The summed E-state index contributed by atoms with van der Waals surface area (Å²) >= 11 is 0. The molecule has 0 heterocycles. The largest absolute Gasteiger partial charge is 0.494 e. The van der Waals surface area contributed by atoms with E-state index in [0.29, 0.717) is 62.0 Å². The lowest BCUT2D eigenvalue weighted by Crippen LogP contribution is -2.40. The highest BCUT2D eigenvalue weighted by Gasteiger charge is 2.22. The Morgan fingerprint density at radius 3 is 1.33 bits per heavy atom. The molecule has 0 N–H and O–H groups in total. The lowest BCUT2D eigenvalue weighted by atomic mass is 10.1. The van der Waals surface area contributed by atoms with E-state index in [2.05, 4.69) is 0 Å². The summed E-state index contributed by atoms with van der Waals surface area (Å²) in [6, 6.07) is 34.5. The zero-order valence-electron chi connectivity index (χ0n) is 24.6. The molecule has 0 aliphatic heterocycles. The molecule has 0 unspecified atom stereocenters. The van der Waals surface area contributed by atoms with Gasteiger partial charge in [0.15, 0.2) is 0 Å². The summed E-state index contributed by atoms with van der Waals surface area (Å²) in [5, 5.41) is 0. The van der Waals surface area contributed by atoms with Crippen LogP contribution < -0.4 is 9.47 Å². The molecule has 0 aromatic heterocycles. The van der Waals surface area contributed by atoms with E-state index in [0.717, 1.165) is 24.0 Å². The van der Waals surface area contributed by atoms with Gasteiger partial charge in [0.1, 0.15) is 11.5 Å². The molecule has 0 spiro atoms. The Balaban J connectivity index is 1.59. The topological polar surface area (TPSA) is 59.1 Å². The third-order valence-corrected chi connectivity index (χ3v) is 6.75. The summed E-state index contributed by atoms with van der Waals surface area (Å²) in [6.07, 6.45) is 1.77. The first-order valence-corrected chi connectivity index (χ1v) is 14.7. The maximum absolute atomic E-state index is 13.9. The van der Waals surface area contributed by atoms with E-state index in [1.165, 1.54) is 0 Å². The first kappa shape index (κ1) is 30.4. The van der Waals surface area contributed by atoms with Gasteiger partial charge in [0.25, 0.3) is 11.8 Å². The van der Waals surface area contributed by atoms with Crippen LogP contribution in [0.25, 0.3) is 0 Å². The number of carbonyl (C=O) groups excluding carboxylic acids is 2. The summed E-state index contributed by atoms with van der Waals surface area (Å²) < 4.78 is 11.6. The van der Waals surface area contributed by atoms with Crippen LogP contribution in [0.3, 0.4) is 0 Å². The highest BCUT2D eigenvalue weighted by molar-refractivity contribution is 5.95. The van der Waals surface area contributed by atoms with Gasteiger partial charge < -0.3 is 19.3 Å². The first-order chi connectivity index (χ1) is 20.6. The molecule has 42 heavy (non-hydrogen) atoms. The molecule has 4 rings (SSSR count). The molecule has 6 heteroatoms. The molecule has 0 saturated carbocycles. The Morgan fingerprint density at radius 1 is 0.548 bits per heavy atom. The zero-order chi connectivity index (χ0) is 29.6. The van der Waals surface area contributed by atoms with Gasteiger partial charge >= 0.3 is 0 Å². The van der Waals surface area contributed by atoms with Crippen LogP contribution in [0, 0.1) is 0 Å². The van der Waals surface area contributed by atoms with Gasteiger partial charge in [-0.2, -0.15) is 0 Å². The second-order valence-electron chi connectivity index (χ2n) is 10.2. The normalized spacial score (nSPS) is 10.6. The van der Waals surface area contributed by atoms with Gasteiger partial charge in [0.2, 0.25) is 0 Å². The molecule has 0 radical (unpaired) electrons. The van der Waals surface area contributed by atoms with Crippen LogP contribution in [-0.4, -0.2) is 47.9 Å². The summed E-state index contributed by atoms with van der Waals surface area (Å²) in [6.45, 7) is 6.85. The van der Waals surface area contributed by atoms with E-state index in [1.54, 1.807) is 21.9 Å². The average molecular weight is 565 g/mol. The van der Waals surface area contributed by atoms with Crippen molar-refractivity contribution in [1.82, 2.24) is 9.80 Å². The summed E-state index contributed by atoms with van der Waals surface area (Å²) in [4.78, 5) is 31.4. The zero-order valence-corrected chi connectivity index (χ0v) is 24.6. The Bertz CT molecular complexity index is 1300. The predicted molar refractivity (Wildman–Crippen MR) is 167 cm³/mol. The van der Waals surface area contributed by atoms with Crippen molar-refractivity contribution in [3.63, 3.8) is 0 Å². The van der Waals surface area contributed by atoms with Crippen LogP contribution in [0.1, 0.15) is 58.5 Å². The number of benzene rings is 4. The van der Waals surface area contributed by atoms with Gasteiger partial charge in [0.05, 0.1) is 13.2 Å². The lowest BCUT2D eigenvalue weighted by molar-refractivity contribution is 0.0644. The molecule has 4 aromatic rings. The molecule has 0 aliphatic carbocycles. The highest BCUT2D eigenvalue weighted by Crippen LogP contribution is 2.19. The second-order valence-corrected chi connectivity index (χ2v) is 10.2. The van der Waals surface area contributed by atoms with Crippen molar-refractivity contribution in [2.75, 3.05) is 26.3 Å². The van der Waals surface area contributed by atoms with E-state index in [-0.39, 0.29) is 11.8 Å². The number of ether oxygens (including phenoxy) is 2. The van der Waals surface area contributed by atoms with E-state index < -0.39 is 0 Å². The number of carbonyl (C=O) groups is 2. The number of hydrogen-bond donors (Lipinski definition) is 0. The quantitative estimate of drug-likeness (QED) is 0.153. The van der Waals surface area contributed by atoms with Crippen LogP contribution in [-0.2, 0) is 13.1 Å². The van der Waals surface area contributed by atoms with Crippen LogP contribution in [0.2, 0.25) is 0 Å². The Hall–Kier alpha value is -4.58. The minimum Gasteiger partial charge on any atom is -0.494 e. The van der Waals surface area contributed by atoms with Crippen LogP contribution in [0.4, 0.5) is 0 Å². The molecule has 2 amide bonds. The molecule has 0 fully saturated rings. The minimum atomic E-state index is -0.108. The van der Waals surface area contributed by atoms with Crippen molar-refractivity contribution in [1.29, 1.82) is 0 Å². The molecule has 0 atom stereocenters. The van der Waals surface area contributed by atoms with Gasteiger partial charge in [-0.15, -0.1) is 0 Å². The molecule has 4 aromatic carbocycles. The predicted octanol–water partition coefficient (Wildman–Crippen LogP) is 7.25. The van der Waals surface area contributed by atoms with Crippen molar-refractivity contribution in [2.45, 2.75) is 39.8 Å². The van der Waals surface area contributed by atoms with E-state index >= 15 is 0 Å². The molecule has 0 saturated heterocycles. The monoisotopic (exact) mass is 564 g/mol. The Kier molecular flexibility index (Phi) is 11.6. The average Bonchev–Trinajstić information content (AvgIpc) is 3.04. The SMILES string of the molecule is CCCOc1cccc(C(=O)N(CCN(Cc2ccccc2)C(=O)c2cccc(OCCC)c2)Cc2ccccc2)c1. The van der Waals surface area contributed by atoms with Crippen molar-refractivity contribution in [3.05, 3.63) is 131 Å². The molecular formula is C36H40N2O4. The van der Waals surface area contributed by atoms with Gasteiger partial charge in [0, 0.05) is 37.3 Å². The summed E-state index contributed by atoms with van der Waals surface area (Å²) in [5.41, 5.74) is 3.15. The number of hydrogen-bond acceptors (Lipinski definition) is 4. The number of rotatable bonds is 15. The van der Waals surface area contributed by atoms with E-state index in [4.69, 9.17) is 9.47 Å². The Morgan fingerprint density at radius 2 is 0.952 bits per heavy atom. The highest BCUT2D eigenvalue weighted by atomic mass is 16.5. The molecule has 218 valence electrons. The van der Waals surface area contributed by atoms with Crippen LogP contribution in [0.15, 0.2) is 109 Å².